The number of amides is 1. The summed E-state index contributed by atoms with van der Waals surface area (Å²) in [6.07, 6.45) is 1.73. The third kappa shape index (κ3) is 6.70. The molecular weight excluding hydrogens is 315 g/mol. The van der Waals surface area contributed by atoms with Gasteiger partial charge in [0.15, 0.2) is 0 Å². The van der Waals surface area contributed by atoms with Gasteiger partial charge in [-0.1, -0.05) is 60.7 Å². The van der Waals surface area contributed by atoms with E-state index in [4.69, 9.17) is 5.73 Å². The lowest BCUT2D eigenvalue weighted by molar-refractivity contribution is -0.122. The van der Waals surface area contributed by atoms with E-state index >= 15 is 0 Å². The van der Waals surface area contributed by atoms with Crippen molar-refractivity contribution in [1.82, 2.24) is 5.32 Å². The molecule has 0 fully saturated rings. The molecule has 5 nitrogen and oxygen atoms in total. The van der Waals surface area contributed by atoms with Crippen molar-refractivity contribution in [3.63, 3.8) is 0 Å². The minimum absolute atomic E-state index is 0.186. The SMILES string of the molecule is N[C@@H](Cc1ccccc1)C(=O)NCC(CCc1ccccc1)B(O)O. The van der Waals surface area contributed by atoms with E-state index in [1.54, 1.807) is 0 Å². The molecule has 2 aromatic carbocycles. The molecule has 2 rings (SSSR count). The van der Waals surface area contributed by atoms with Gasteiger partial charge in [0.1, 0.15) is 0 Å². The maximum Gasteiger partial charge on any atom is 0.456 e. The zero-order valence-electron chi connectivity index (χ0n) is 14.2. The molecule has 0 aromatic heterocycles. The number of carbonyl (C=O) groups excluding carboxylic acids is 1. The van der Waals surface area contributed by atoms with E-state index in [0.717, 1.165) is 17.5 Å². The van der Waals surface area contributed by atoms with Gasteiger partial charge in [-0.15, -0.1) is 0 Å². The normalized spacial score (nSPS) is 13.1. The second-order valence-corrected chi connectivity index (χ2v) is 6.24. The summed E-state index contributed by atoms with van der Waals surface area (Å²) in [7, 11) is -1.48. The van der Waals surface area contributed by atoms with Crippen LogP contribution in [0.25, 0.3) is 0 Å². The summed E-state index contributed by atoms with van der Waals surface area (Å²) >= 11 is 0. The molecule has 0 radical (unpaired) electrons. The molecular formula is C19H25BN2O3. The summed E-state index contributed by atoms with van der Waals surface area (Å²) < 4.78 is 0. The minimum Gasteiger partial charge on any atom is -0.427 e. The molecule has 0 spiro atoms. The van der Waals surface area contributed by atoms with Crippen LogP contribution in [0, 0.1) is 0 Å². The number of hydrogen-bond acceptors (Lipinski definition) is 4. The molecule has 0 saturated carbocycles. The molecule has 2 atom stereocenters. The van der Waals surface area contributed by atoms with Crippen molar-refractivity contribution in [3.8, 4) is 0 Å². The Hall–Kier alpha value is -2.15. The maximum absolute atomic E-state index is 12.1. The zero-order chi connectivity index (χ0) is 18.1. The zero-order valence-corrected chi connectivity index (χ0v) is 14.2. The molecule has 0 aliphatic rings. The maximum atomic E-state index is 12.1. The van der Waals surface area contributed by atoms with E-state index in [0.29, 0.717) is 12.8 Å². The average molecular weight is 340 g/mol. The van der Waals surface area contributed by atoms with Gasteiger partial charge >= 0.3 is 7.12 Å². The number of carbonyl (C=O) groups is 1. The molecule has 0 heterocycles. The number of benzene rings is 2. The van der Waals surface area contributed by atoms with Crippen LogP contribution < -0.4 is 11.1 Å². The first-order valence-corrected chi connectivity index (χ1v) is 8.53. The van der Waals surface area contributed by atoms with Crippen LogP contribution in [0.1, 0.15) is 17.5 Å². The molecule has 25 heavy (non-hydrogen) atoms. The van der Waals surface area contributed by atoms with Crippen molar-refractivity contribution in [1.29, 1.82) is 0 Å². The van der Waals surface area contributed by atoms with E-state index in [1.165, 1.54) is 0 Å². The number of nitrogens with two attached hydrogens (primary N) is 1. The van der Waals surface area contributed by atoms with E-state index in [1.807, 2.05) is 60.7 Å². The van der Waals surface area contributed by atoms with Crippen molar-refractivity contribution in [2.24, 2.45) is 5.73 Å². The van der Waals surface area contributed by atoms with Crippen LogP contribution in [0.2, 0.25) is 5.82 Å². The molecule has 5 N–H and O–H groups in total. The van der Waals surface area contributed by atoms with Gasteiger partial charge in [0.2, 0.25) is 5.91 Å². The van der Waals surface area contributed by atoms with Crippen molar-refractivity contribution in [2.75, 3.05) is 6.54 Å². The molecule has 132 valence electrons. The van der Waals surface area contributed by atoms with Gasteiger partial charge in [-0.2, -0.15) is 0 Å². The van der Waals surface area contributed by atoms with Crippen LogP contribution in [-0.2, 0) is 17.6 Å². The van der Waals surface area contributed by atoms with Crippen LogP contribution in [0.15, 0.2) is 60.7 Å². The van der Waals surface area contributed by atoms with Crippen LogP contribution in [0.5, 0.6) is 0 Å². The lowest BCUT2D eigenvalue weighted by Crippen LogP contribution is -2.44. The average Bonchev–Trinajstić information content (AvgIpc) is 2.62. The first kappa shape index (κ1) is 19.2. The number of rotatable bonds is 9. The number of aryl methyl sites for hydroxylation is 1. The molecule has 2 aromatic rings. The highest BCUT2D eigenvalue weighted by molar-refractivity contribution is 6.43. The first-order valence-electron chi connectivity index (χ1n) is 8.53. The van der Waals surface area contributed by atoms with E-state index < -0.39 is 19.0 Å². The Morgan fingerprint density at radius 3 is 2.12 bits per heavy atom. The van der Waals surface area contributed by atoms with Gasteiger partial charge in [0, 0.05) is 12.4 Å². The third-order valence-electron chi connectivity index (χ3n) is 4.24. The van der Waals surface area contributed by atoms with Crippen molar-refractivity contribution < 1.29 is 14.8 Å². The fraction of sp³-hybridized carbons (Fsp3) is 0.316. The van der Waals surface area contributed by atoms with Crippen LogP contribution in [0.4, 0.5) is 0 Å². The van der Waals surface area contributed by atoms with Gasteiger partial charge in [-0.05, 0) is 30.4 Å². The van der Waals surface area contributed by atoms with E-state index in [2.05, 4.69) is 5.32 Å². The highest BCUT2D eigenvalue weighted by atomic mass is 16.4. The third-order valence-corrected chi connectivity index (χ3v) is 4.24. The Bertz CT molecular complexity index is 638. The second kappa shape index (κ2) is 9.98. The number of hydrogen-bond donors (Lipinski definition) is 4. The van der Waals surface area contributed by atoms with Gasteiger partial charge in [-0.3, -0.25) is 4.79 Å². The van der Waals surface area contributed by atoms with Crippen LogP contribution in [-0.4, -0.2) is 35.7 Å². The number of nitrogens with one attached hydrogen (secondary N) is 1. The van der Waals surface area contributed by atoms with Crippen molar-refractivity contribution in [2.45, 2.75) is 31.1 Å². The summed E-state index contributed by atoms with van der Waals surface area (Å²) in [5.74, 6) is -0.720. The molecule has 0 bridgehead atoms. The summed E-state index contributed by atoms with van der Waals surface area (Å²) in [5.41, 5.74) is 8.06. The smallest absolute Gasteiger partial charge is 0.427 e. The molecule has 1 amide bonds. The Morgan fingerprint density at radius 2 is 1.56 bits per heavy atom. The van der Waals surface area contributed by atoms with Gasteiger partial charge in [-0.25, -0.2) is 0 Å². The van der Waals surface area contributed by atoms with Gasteiger partial charge in [0.05, 0.1) is 6.04 Å². The predicted octanol–water partition coefficient (Wildman–Crippen LogP) is 1.15. The predicted molar refractivity (Wildman–Crippen MR) is 99.8 cm³/mol. The highest BCUT2D eigenvalue weighted by Gasteiger charge is 2.24. The topological polar surface area (TPSA) is 95.6 Å². The Morgan fingerprint density at radius 1 is 1.00 bits per heavy atom. The fourth-order valence-electron chi connectivity index (χ4n) is 2.68. The summed E-state index contributed by atoms with van der Waals surface area (Å²) in [6, 6.07) is 18.7. The van der Waals surface area contributed by atoms with Gasteiger partial charge < -0.3 is 21.1 Å². The Balaban J connectivity index is 1.80. The van der Waals surface area contributed by atoms with Crippen LogP contribution in [0.3, 0.4) is 0 Å². The van der Waals surface area contributed by atoms with E-state index in [-0.39, 0.29) is 12.5 Å². The molecule has 0 saturated heterocycles. The molecule has 1 unspecified atom stereocenters. The van der Waals surface area contributed by atoms with Gasteiger partial charge in [0.25, 0.3) is 0 Å². The molecule has 0 aliphatic heterocycles. The van der Waals surface area contributed by atoms with Crippen molar-refractivity contribution >= 4 is 13.0 Å². The quantitative estimate of drug-likeness (QED) is 0.515. The Kier molecular flexibility index (Phi) is 7.66. The lowest BCUT2D eigenvalue weighted by atomic mass is 9.70. The first-order chi connectivity index (χ1) is 12.1. The lowest BCUT2D eigenvalue weighted by Gasteiger charge is -2.18. The molecule has 0 aliphatic carbocycles. The molecule has 6 heteroatoms. The van der Waals surface area contributed by atoms with E-state index in [9.17, 15) is 14.8 Å². The standard InChI is InChI=1S/C19H25BN2O3/c21-18(13-16-9-5-2-6-10-16)19(23)22-14-17(20(24)25)12-11-15-7-3-1-4-8-15/h1-10,17-18,24-25H,11-14,21H2,(H,22,23)/t17?,18-/m0/s1. The second-order valence-electron chi connectivity index (χ2n) is 6.24. The fourth-order valence-corrected chi connectivity index (χ4v) is 2.68. The van der Waals surface area contributed by atoms with Crippen LogP contribution >= 0.6 is 0 Å². The largest absolute Gasteiger partial charge is 0.456 e. The monoisotopic (exact) mass is 340 g/mol. The Labute approximate surface area is 149 Å². The minimum atomic E-state index is -1.48. The highest BCUT2D eigenvalue weighted by Crippen LogP contribution is 2.16. The summed E-state index contributed by atoms with van der Waals surface area (Å²) in [4.78, 5) is 12.1. The summed E-state index contributed by atoms with van der Waals surface area (Å²) in [6.45, 7) is 0.186. The summed E-state index contributed by atoms with van der Waals surface area (Å²) in [5, 5.41) is 21.8. The van der Waals surface area contributed by atoms with Crippen molar-refractivity contribution in [3.05, 3.63) is 71.8 Å².